The van der Waals surface area contributed by atoms with E-state index in [-0.39, 0.29) is 11.1 Å². The molecule has 0 radical (unpaired) electrons. The summed E-state index contributed by atoms with van der Waals surface area (Å²) in [5.41, 5.74) is 1.01. The van der Waals surface area contributed by atoms with Crippen LogP contribution >= 0.6 is 11.6 Å². The van der Waals surface area contributed by atoms with E-state index in [1.807, 2.05) is 0 Å². The number of amides is 1. The van der Waals surface area contributed by atoms with Gasteiger partial charge in [0.15, 0.2) is 0 Å². The highest BCUT2D eigenvalue weighted by Gasteiger charge is 2.10. The molecular formula is C13H11ClN2O2. The van der Waals surface area contributed by atoms with Gasteiger partial charge in [0.25, 0.3) is 5.91 Å². The lowest BCUT2D eigenvalue weighted by atomic mass is 10.2. The molecule has 1 aromatic heterocycles. The number of benzene rings is 1. The molecule has 2 aromatic rings. The zero-order valence-corrected chi connectivity index (χ0v) is 10.4. The number of anilines is 1. The van der Waals surface area contributed by atoms with E-state index in [1.54, 1.807) is 43.5 Å². The Kier molecular flexibility index (Phi) is 3.79. The van der Waals surface area contributed by atoms with Crippen molar-refractivity contribution in [3.05, 3.63) is 53.3 Å². The number of carbonyl (C=O) groups excluding carboxylic acids is 1. The minimum atomic E-state index is -0.293. The highest BCUT2D eigenvalue weighted by Crippen LogP contribution is 2.17. The molecule has 1 N–H and O–H groups in total. The first-order chi connectivity index (χ1) is 8.70. The van der Waals surface area contributed by atoms with Crippen molar-refractivity contribution >= 4 is 23.2 Å². The number of hydrogen-bond acceptors (Lipinski definition) is 3. The molecule has 0 spiro atoms. The number of nitrogens with one attached hydrogen (secondary N) is 1. The van der Waals surface area contributed by atoms with Gasteiger partial charge in [-0.3, -0.25) is 4.79 Å². The average molecular weight is 263 g/mol. The van der Waals surface area contributed by atoms with Gasteiger partial charge < -0.3 is 10.1 Å². The first-order valence-electron chi connectivity index (χ1n) is 5.26. The van der Waals surface area contributed by atoms with Gasteiger partial charge in [-0.15, -0.1) is 0 Å². The highest BCUT2D eigenvalue weighted by molar-refractivity contribution is 6.33. The second-order valence-electron chi connectivity index (χ2n) is 3.52. The first-order valence-corrected chi connectivity index (χ1v) is 5.64. The van der Waals surface area contributed by atoms with E-state index in [9.17, 15) is 4.79 Å². The lowest BCUT2D eigenvalue weighted by molar-refractivity contribution is 0.102. The predicted octanol–water partition coefficient (Wildman–Crippen LogP) is 3.00. The molecule has 0 aliphatic rings. The molecule has 0 aliphatic carbocycles. The average Bonchev–Trinajstić information content (AvgIpc) is 2.40. The van der Waals surface area contributed by atoms with Crippen LogP contribution in [0.1, 0.15) is 10.4 Å². The number of nitrogens with zero attached hydrogens (tertiary/aromatic N) is 1. The van der Waals surface area contributed by atoms with Crippen LogP contribution in [-0.4, -0.2) is 18.0 Å². The fourth-order valence-corrected chi connectivity index (χ4v) is 1.63. The molecule has 0 saturated heterocycles. The Balaban J connectivity index is 2.14. The largest absolute Gasteiger partial charge is 0.497 e. The van der Waals surface area contributed by atoms with Gasteiger partial charge in [-0.05, 0) is 36.4 Å². The summed E-state index contributed by atoms with van der Waals surface area (Å²) in [6.07, 6.45) is 1.53. The van der Waals surface area contributed by atoms with Crippen LogP contribution < -0.4 is 10.1 Å². The van der Waals surface area contributed by atoms with Gasteiger partial charge in [-0.25, -0.2) is 4.98 Å². The molecule has 0 aliphatic heterocycles. The second kappa shape index (κ2) is 5.51. The maximum Gasteiger partial charge on any atom is 0.258 e. The molecule has 92 valence electrons. The summed E-state index contributed by atoms with van der Waals surface area (Å²) in [7, 11) is 1.59. The maximum atomic E-state index is 11.9. The monoisotopic (exact) mass is 262 g/mol. The number of hydrogen-bond donors (Lipinski definition) is 1. The quantitative estimate of drug-likeness (QED) is 0.865. The van der Waals surface area contributed by atoms with Crippen molar-refractivity contribution in [3.8, 4) is 5.75 Å². The van der Waals surface area contributed by atoms with Gasteiger partial charge in [0.2, 0.25) is 0 Å². The standard InChI is InChI=1S/C13H11ClN2O2/c1-18-10-6-4-9(5-7-10)16-13(17)11-3-2-8-15-12(11)14/h2-8H,1H3,(H,16,17). The van der Waals surface area contributed by atoms with Gasteiger partial charge in [0.1, 0.15) is 10.9 Å². The van der Waals surface area contributed by atoms with Crippen LogP contribution in [0.15, 0.2) is 42.6 Å². The van der Waals surface area contributed by atoms with Crippen molar-refractivity contribution in [2.24, 2.45) is 0 Å². The second-order valence-corrected chi connectivity index (χ2v) is 3.88. The van der Waals surface area contributed by atoms with Crippen LogP contribution in [0.2, 0.25) is 5.15 Å². The molecule has 0 atom stereocenters. The molecular weight excluding hydrogens is 252 g/mol. The Morgan fingerprint density at radius 1 is 1.28 bits per heavy atom. The van der Waals surface area contributed by atoms with Crippen LogP contribution in [-0.2, 0) is 0 Å². The zero-order valence-electron chi connectivity index (χ0n) is 9.68. The van der Waals surface area contributed by atoms with E-state index >= 15 is 0 Å². The fourth-order valence-electron chi connectivity index (χ4n) is 1.43. The third-order valence-corrected chi connectivity index (χ3v) is 2.65. The van der Waals surface area contributed by atoms with Gasteiger partial charge >= 0.3 is 0 Å². The van der Waals surface area contributed by atoms with E-state index in [1.165, 1.54) is 6.20 Å². The summed E-state index contributed by atoms with van der Waals surface area (Å²) in [4.78, 5) is 15.8. The molecule has 1 heterocycles. The summed E-state index contributed by atoms with van der Waals surface area (Å²) < 4.78 is 5.03. The SMILES string of the molecule is COc1ccc(NC(=O)c2cccnc2Cl)cc1. The first kappa shape index (κ1) is 12.4. The van der Waals surface area contributed by atoms with Crippen molar-refractivity contribution in [1.82, 2.24) is 4.98 Å². The number of halogens is 1. The number of methoxy groups -OCH3 is 1. The van der Waals surface area contributed by atoms with E-state index in [0.29, 0.717) is 11.3 Å². The van der Waals surface area contributed by atoms with Crippen LogP contribution in [0.25, 0.3) is 0 Å². The van der Waals surface area contributed by atoms with E-state index in [4.69, 9.17) is 16.3 Å². The lowest BCUT2D eigenvalue weighted by Crippen LogP contribution is -2.12. The Labute approximate surface area is 110 Å². The minimum Gasteiger partial charge on any atom is -0.497 e. The zero-order chi connectivity index (χ0) is 13.0. The van der Waals surface area contributed by atoms with Crippen molar-refractivity contribution in [1.29, 1.82) is 0 Å². The van der Waals surface area contributed by atoms with Crippen LogP contribution in [0.4, 0.5) is 5.69 Å². The van der Waals surface area contributed by atoms with Gasteiger partial charge in [0.05, 0.1) is 12.7 Å². The number of aromatic nitrogens is 1. The van der Waals surface area contributed by atoms with Gasteiger partial charge in [-0.1, -0.05) is 11.6 Å². The maximum absolute atomic E-state index is 11.9. The van der Waals surface area contributed by atoms with Crippen LogP contribution in [0, 0.1) is 0 Å². The smallest absolute Gasteiger partial charge is 0.258 e. The Morgan fingerprint density at radius 3 is 2.61 bits per heavy atom. The molecule has 0 bridgehead atoms. The topological polar surface area (TPSA) is 51.2 Å². The summed E-state index contributed by atoms with van der Waals surface area (Å²) in [5.74, 6) is 0.436. The summed E-state index contributed by atoms with van der Waals surface area (Å²) in [5, 5.41) is 2.92. The van der Waals surface area contributed by atoms with Crippen LogP contribution in [0.3, 0.4) is 0 Å². The van der Waals surface area contributed by atoms with E-state index < -0.39 is 0 Å². The van der Waals surface area contributed by atoms with Crippen molar-refractivity contribution in [2.45, 2.75) is 0 Å². The Morgan fingerprint density at radius 2 is 2.00 bits per heavy atom. The number of rotatable bonds is 3. The molecule has 1 amide bonds. The molecule has 2 rings (SSSR count). The number of ether oxygens (including phenoxy) is 1. The van der Waals surface area contributed by atoms with Crippen LogP contribution in [0.5, 0.6) is 5.75 Å². The molecule has 4 nitrogen and oxygen atoms in total. The normalized spacial score (nSPS) is 9.89. The van der Waals surface area contributed by atoms with Gasteiger partial charge in [0, 0.05) is 11.9 Å². The predicted molar refractivity (Wildman–Crippen MR) is 70.2 cm³/mol. The summed E-state index contributed by atoms with van der Waals surface area (Å²) in [6.45, 7) is 0. The van der Waals surface area contributed by atoms with E-state index in [0.717, 1.165) is 5.75 Å². The van der Waals surface area contributed by atoms with Crippen molar-refractivity contribution < 1.29 is 9.53 Å². The molecule has 1 aromatic carbocycles. The van der Waals surface area contributed by atoms with E-state index in [2.05, 4.69) is 10.3 Å². The van der Waals surface area contributed by atoms with Gasteiger partial charge in [-0.2, -0.15) is 0 Å². The number of pyridine rings is 1. The Bertz CT molecular complexity index is 555. The summed E-state index contributed by atoms with van der Waals surface area (Å²) >= 11 is 5.84. The fraction of sp³-hybridized carbons (Fsp3) is 0.0769. The Hall–Kier alpha value is -2.07. The lowest BCUT2D eigenvalue weighted by Gasteiger charge is -2.06. The van der Waals surface area contributed by atoms with Crippen molar-refractivity contribution in [2.75, 3.05) is 12.4 Å². The molecule has 0 fully saturated rings. The third kappa shape index (κ3) is 2.78. The number of carbonyl (C=O) groups is 1. The van der Waals surface area contributed by atoms with Crippen molar-refractivity contribution in [3.63, 3.8) is 0 Å². The third-order valence-electron chi connectivity index (χ3n) is 2.35. The molecule has 0 unspecified atom stereocenters. The highest BCUT2D eigenvalue weighted by atomic mass is 35.5. The molecule has 0 saturated carbocycles. The summed E-state index contributed by atoms with van der Waals surface area (Å²) in [6, 6.07) is 10.3. The molecule has 18 heavy (non-hydrogen) atoms. The molecule has 5 heteroatoms. The minimum absolute atomic E-state index is 0.184.